The zero-order valence-electron chi connectivity index (χ0n) is 8.89. The second-order valence-corrected chi connectivity index (χ2v) is 6.07. The third kappa shape index (κ3) is 1.89. The Morgan fingerprint density at radius 1 is 1.06 bits per heavy atom. The molecule has 0 bridgehead atoms. The van der Waals surface area contributed by atoms with Gasteiger partial charge >= 0.3 is 0 Å². The molecule has 2 N–H and O–H groups in total. The molecule has 86 valence electrons. The van der Waals surface area contributed by atoms with Crippen molar-refractivity contribution in [2.24, 2.45) is 5.73 Å². The summed E-state index contributed by atoms with van der Waals surface area (Å²) in [6.45, 7) is 0. The van der Waals surface area contributed by atoms with E-state index in [1.54, 1.807) is 22.7 Å². The van der Waals surface area contributed by atoms with Gasteiger partial charge in [0.15, 0.2) is 0 Å². The molecule has 1 aromatic carbocycles. The van der Waals surface area contributed by atoms with Crippen LogP contribution in [0, 0.1) is 0 Å². The van der Waals surface area contributed by atoms with E-state index in [1.807, 2.05) is 17.5 Å². The molecule has 0 fully saturated rings. The SMILES string of the molecule is NC(c1sccc1Cl)c1cccc2ccsc12. The van der Waals surface area contributed by atoms with Crippen LogP contribution in [0.2, 0.25) is 5.02 Å². The molecule has 3 aromatic rings. The second-order valence-electron chi connectivity index (χ2n) is 3.80. The van der Waals surface area contributed by atoms with Gasteiger partial charge in [0.2, 0.25) is 0 Å². The summed E-state index contributed by atoms with van der Waals surface area (Å²) in [6, 6.07) is 10.1. The number of hydrogen-bond acceptors (Lipinski definition) is 3. The summed E-state index contributed by atoms with van der Waals surface area (Å²) in [5, 5.41) is 6.08. The van der Waals surface area contributed by atoms with E-state index in [-0.39, 0.29) is 6.04 Å². The molecule has 0 spiro atoms. The average Bonchev–Trinajstić information content (AvgIpc) is 2.95. The minimum atomic E-state index is -0.134. The van der Waals surface area contributed by atoms with Crippen LogP contribution < -0.4 is 5.73 Å². The molecular formula is C13H10ClNS2. The summed E-state index contributed by atoms with van der Waals surface area (Å²) in [6.07, 6.45) is 0. The largest absolute Gasteiger partial charge is 0.320 e. The van der Waals surface area contributed by atoms with Gasteiger partial charge < -0.3 is 5.73 Å². The van der Waals surface area contributed by atoms with Gasteiger partial charge in [0.25, 0.3) is 0 Å². The lowest BCUT2D eigenvalue weighted by Crippen LogP contribution is -2.10. The Morgan fingerprint density at radius 3 is 2.65 bits per heavy atom. The van der Waals surface area contributed by atoms with Crippen LogP contribution >= 0.6 is 34.3 Å². The third-order valence-corrected chi connectivity index (χ3v) is 5.19. The highest BCUT2D eigenvalue weighted by Gasteiger charge is 2.16. The van der Waals surface area contributed by atoms with Crippen molar-refractivity contribution in [1.29, 1.82) is 0 Å². The Hall–Kier alpha value is -0.870. The molecule has 17 heavy (non-hydrogen) atoms. The first kappa shape index (κ1) is 11.2. The van der Waals surface area contributed by atoms with E-state index in [0.29, 0.717) is 0 Å². The standard InChI is InChI=1S/C13H10ClNS2/c14-10-5-7-17-13(10)11(15)9-3-1-2-8-4-6-16-12(8)9/h1-7,11H,15H2. The Morgan fingerprint density at radius 2 is 1.88 bits per heavy atom. The predicted molar refractivity (Wildman–Crippen MR) is 77.2 cm³/mol. The Balaban J connectivity index is 2.15. The summed E-state index contributed by atoms with van der Waals surface area (Å²) in [4.78, 5) is 1.03. The maximum Gasteiger partial charge on any atom is 0.0675 e. The molecule has 0 aliphatic carbocycles. The van der Waals surface area contributed by atoms with Gasteiger partial charge in [-0.25, -0.2) is 0 Å². The highest BCUT2D eigenvalue weighted by atomic mass is 35.5. The maximum absolute atomic E-state index is 6.32. The number of rotatable bonds is 2. The molecule has 2 aromatic heterocycles. The Labute approximate surface area is 112 Å². The zero-order chi connectivity index (χ0) is 11.8. The minimum absolute atomic E-state index is 0.134. The van der Waals surface area contributed by atoms with Crippen molar-refractivity contribution in [3.8, 4) is 0 Å². The molecule has 1 nitrogen and oxygen atoms in total. The van der Waals surface area contributed by atoms with Crippen molar-refractivity contribution >= 4 is 44.4 Å². The first-order valence-electron chi connectivity index (χ1n) is 5.22. The molecule has 0 aliphatic heterocycles. The molecule has 3 rings (SSSR count). The number of fused-ring (bicyclic) bond motifs is 1. The van der Waals surface area contributed by atoms with Gasteiger partial charge in [-0.05, 0) is 33.8 Å². The van der Waals surface area contributed by atoms with Crippen molar-refractivity contribution in [1.82, 2.24) is 0 Å². The van der Waals surface area contributed by atoms with Crippen LogP contribution in [0.4, 0.5) is 0 Å². The molecular weight excluding hydrogens is 270 g/mol. The number of benzene rings is 1. The Bertz CT molecular complexity index is 656. The molecule has 0 radical (unpaired) electrons. The predicted octanol–water partition coefficient (Wildman–Crippen LogP) is 4.66. The lowest BCUT2D eigenvalue weighted by Gasteiger charge is -2.12. The third-order valence-electron chi connectivity index (χ3n) is 2.77. The minimum Gasteiger partial charge on any atom is -0.320 e. The summed E-state index contributed by atoms with van der Waals surface area (Å²) in [7, 11) is 0. The van der Waals surface area contributed by atoms with Gasteiger partial charge in [-0.15, -0.1) is 22.7 Å². The van der Waals surface area contributed by atoms with Crippen LogP contribution in [0.3, 0.4) is 0 Å². The van der Waals surface area contributed by atoms with Crippen LogP contribution in [-0.2, 0) is 0 Å². The first-order valence-corrected chi connectivity index (χ1v) is 7.35. The van der Waals surface area contributed by atoms with E-state index in [1.165, 1.54) is 10.1 Å². The van der Waals surface area contributed by atoms with E-state index >= 15 is 0 Å². The fourth-order valence-corrected chi connectivity index (χ4v) is 4.08. The monoisotopic (exact) mass is 279 g/mol. The summed E-state index contributed by atoms with van der Waals surface area (Å²) >= 11 is 9.48. The van der Waals surface area contributed by atoms with Crippen molar-refractivity contribution in [3.63, 3.8) is 0 Å². The van der Waals surface area contributed by atoms with E-state index in [9.17, 15) is 0 Å². The fourth-order valence-electron chi connectivity index (χ4n) is 1.93. The van der Waals surface area contributed by atoms with Crippen molar-refractivity contribution in [2.45, 2.75) is 6.04 Å². The van der Waals surface area contributed by atoms with Gasteiger partial charge in [-0.1, -0.05) is 29.8 Å². The molecule has 1 unspecified atom stereocenters. The normalized spacial score (nSPS) is 13.1. The lowest BCUT2D eigenvalue weighted by molar-refractivity contribution is 0.905. The first-order chi connectivity index (χ1) is 8.27. The quantitative estimate of drug-likeness (QED) is 0.725. The molecule has 0 saturated heterocycles. The van der Waals surface area contributed by atoms with E-state index < -0.39 is 0 Å². The van der Waals surface area contributed by atoms with Crippen LogP contribution in [0.25, 0.3) is 10.1 Å². The van der Waals surface area contributed by atoms with Gasteiger partial charge in [0.1, 0.15) is 0 Å². The number of halogens is 1. The topological polar surface area (TPSA) is 26.0 Å². The van der Waals surface area contributed by atoms with Gasteiger partial charge in [0.05, 0.1) is 11.1 Å². The Kier molecular flexibility index (Phi) is 2.92. The lowest BCUT2D eigenvalue weighted by atomic mass is 10.0. The molecule has 0 aliphatic rings. The van der Waals surface area contributed by atoms with E-state index in [2.05, 4.69) is 23.6 Å². The van der Waals surface area contributed by atoms with Crippen LogP contribution in [0.1, 0.15) is 16.5 Å². The second kappa shape index (κ2) is 4.42. The number of nitrogens with two attached hydrogens (primary N) is 1. The maximum atomic E-state index is 6.32. The highest BCUT2D eigenvalue weighted by Crippen LogP contribution is 2.35. The summed E-state index contributed by atoms with van der Waals surface area (Å²) in [5.74, 6) is 0. The number of thiophene rings is 2. The summed E-state index contributed by atoms with van der Waals surface area (Å²) < 4.78 is 1.25. The van der Waals surface area contributed by atoms with Gasteiger partial charge in [-0.3, -0.25) is 0 Å². The van der Waals surface area contributed by atoms with Crippen LogP contribution in [0.15, 0.2) is 41.1 Å². The van der Waals surface area contributed by atoms with Crippen molar-refractivity contribution in [2.75, 3.05) is 0 Å². The van der Waals surface area contributed by atoms with E-state index in [0.717, 1.165) is 15.5 Å². The van der Waals surface area contributed by atoms with Crippen LogP contribution in [0.5, 0.6) is 0 Å². The van der Waals surface area contributed by atoms with Gasteiger partial charge in [-0.2, -0.15) is 0 Å². The number of hydrogen-bond donors (Lipinski definition) is 1. The van der Waals surface area contributed by atoms with Crippen molar-refractivity contribution < 1.29 is 0 Å². The molecule has 4 heteroatoms. The molecule has 0 saturated carbocycles. The van der Waals surface area contributed by atoms with E-state index in [4.69, 9.17) is 17.3 Å². The van der Waals surface area contributed by atoms with Crippen LogP contribution in [-0.4, -0.2) is 0 Å². The highest BCUT2D eigenvalue weighted by molar-refractivity contribution is 7.17. The fraction of sp³-hybridized carbons (Fsp3) is 0.0769. The van der Waals surface area contributed by atoms with Gasteiger partial charge in [0, 0.05) is 9.58 Å². The molecule has 2 heterocycles. The molecule has 0 amide bonds. The smallest absolute Gasteiger partial charge is 0.0675 e. The average molecular weight is 280 g/mol. The van der Waals surface area contributed by atoms with Crippen molar-refractivity contribution in [3.05, 3.63) is 56.6 Å². The zero-order valence-corrected chi connectivity index (χ0v) is 11.3. The summed E-state index contributed by atoms with van der Waals surface area (Å²) in [5.41, 5.74) is 7.47. The molecule has 1 atom stereocenters.